The molecule has 0 aliphatic heterocycles. The summed E-state index contributed by atoms with van der Waals surface area (Å²) in [5.74, 6) is 0.0639. The number of hydrogen-bond acceptors (Lipinski definition) is 4. The second-order valence-corrected chi connectivity index (χ2v) is 5.29. The number of rotatable bonds is 4. The van der Waals surface area contributed by atoms with Gasteiger partial charge in [0.2, 0.25) is 5.91 Å². The number of nitrogen functional groups attached to an aromatic ring is 1. The second-order valence-electron chi connectivity index (χ2n) is 5.29. The molecule has 5 heteroatoms. The van der Waals surface area contributed by atoms with Gasteiger partial charge in [-0.15, -0.1) is 0 Å². The molecular formula is C15H18N4O. The minimum absolute atomic E-state index is 0.0639. The molecule has 0 atom stereocenters. The molecule has 5 nitrogen and oxygen atoms in total. The molecule has 1 saturated carbocycles. The van der Waals surface area contributed by atoms with Crippen LogP contribution in [0.3, 0.4) is 0 Å². The second kappa shape index (κ2) is 5.00. The number of carbonyl (C=O) groups excluding carboxylic acids is 1. The third-order valence-electron chi connectivity index (χ3n) is 3.56. The number of likely N-dealkylation sites (N-methyl/N-ethyl adjacent to an activating group) is 1. The third kappa shape index (κ3) is 2.52. The Hall–Kier alpha value is -2.30. The van der Waals surface area contributed by atoms with Gasteiger partial charge in [0.1, 0.15) is 0 Å². The number of fused-ring (bicyclic) bond motifs is 1. The smallest absolute Gasteiger partial charge is 0.239 e. The highest BCUT2D eigenvalue weighted by molar-refractivity contribution is 6.01. The zero-order valence-electron chi connectivity index (χ0n) is 11.5. The Labute approximate surface area is 117 Å². The molecule has 20 heavy (non-hydrogen) atoms. The summed E-state index contributed by atoms with van der Waals surface area (Å²) in [6.07, 6.45) is 5.70. The zero-order valence-corrected chi connectivity index (χ0v) is 11.5. The third-order valence-corrected chi connectivity index (χ3v) is 3.56. The first-order chi connectivity index (χ1) is 9.65. The zero-order chi connectivity index (χ0) is 14.1. The van der Waals surface area contributed by atoms with Crippen LogP contribution in [0.4, 0.5) is 11.4 Å². The van der Waals surface area contributed by atoms with E-state index in [1.165, 1.54) is 0 Å². The van der Waals surface area contributed by atoms with E-state index >= 15 is 0 Å². The highest BCUT2D eigenvalue weighted by atomic mass is 16.2. The number of benzene rings is 1. The van der Waals surface area contributed by atoms with Crippen molar-refractivity contribution in [3.8, 4) is 0 Å². The Kier molecular flexibility index (Phi) is 3.18. The molecule has 0 unspecified atom stereocenters. The fourth-order valence-corrected chi connectivity index (χ4v) is 2.33. The number of nitrogens with zero attached hydrogens (tertiary/aromatic N) is 2. The van der Waals surface area contributed by atoms with Gasteiger partial charge in [0.15, 0.2) is 0 Å². The van der Waals surface area contributed by atoms with E-state index in [0.29, 0.717) is 18.3 Å². The predicted molar refractivity (Wildman–Crippen MR) is 80.6 cm³/mol. The first-order valence-corrected chi connectivity index (χ1v) is 6.78. The van der Waals surface area contributed by atoms with Gasteiger partial charge in [0.05, 0.1) is 6.54 Å². The van der Waals surface area contributed by atoms with Crippen molar-refractivity contribution in [2.45, 2.75) is 18.9 Å². The van der Waals surface area contributed by atoms with Gasteiger partial charge in [0, 0.05) is 47.6 Å². The average molecular weight is 270 g/mol. The number of aromatic nitrogens is 1. The van der Waals surface area contributed by atoms with Crippen LogP contribution in [0.5, 0.6) is 0 Å². The molecule has 1 aromatic heterocycles. The molecule has 2 aromatic rings. The number of amides is 1. The Morgan fingerprint density at radius 3 is 2.95 bits per heavy atom. The Balaban J connectivity index is 1.85. The van der Waals surface area contributed by atoms with E-state index in [4.69, 9.17) is 5.73 Å². The quantitative estimate of drug-likeness (QED) is 0.827. The van der Waals surface area contributed by atoms with Crippen molar-refractivity contribution in [1.82, 2.24) is 10.3 Å². The molecule has 0 spiro atoms. The number of nitrogens with two attached hydrogens (primary N) is 1. The number of hydrogen-bond donors (Lipinski definition) is 2. The maximum Gasteiger partial charge on any atom is 0.239 e. The first-order valence-electron chi connectivity index (χ1n) is 6.78. The van der Waals surface area contributed by atoms with Crippen molar-refractivity contribution in [3.63, 3.8) is 0 Å². The number of pyridine rings is 1. The van der Waals surface area contributed by atoms with Gasteiger partial charge in [0.25, 0.3) is 0 Å². The first kappa shape index (κ1) is 12.7. The van der Waals surface area contributed by atoms with Gasteiger partial charge < -0.3 is 16.0 Å². The van der Waals surface area contributed by atoms with Crippen LogP contribution < -0.4 is 16.0 Å². The summed E-state index contributed by atoms with van der Waals surface area (Å²) in [6.45, 7) is 0.345. The highest BCUT2D eigenvalue weighted by Crippen LogP contribution is 2.29. The standard InChI is InChI=1S/C15H18N4O/c1-19(9-15(20)18-10-2-3-10)14-5-4-13(16)12-8-17-7-6-11(12)14/h4-8,10H,2-3,9,16H2,1H3,(H,18,20). The number of anilines is 2. The van der Waals surface area contributed by atoms with Crippen molar-refractivity contribution in [2.75, 3.05) is 24.2 Å². The van der Waals surface area contributed by atoms with Crippen LogP contribution in [0.15, 0.2) is 30.6 Å². The molecule has 1 aromatic carbocycles. The van der Waals surface area contributed by atoms with Crippen LogP contribution in [0.25, 0.3) is 10.8 Å². The minimum atomic E-state index is 0.0639. The molecule has 1 amide bonds. The van der Waals surface area contributed by atoms with Crippen molar-refractivity contribution >= 4 is 28.1 Å². The van der Waals surface area contributed by atoms with E-state index in [2.05, 4.69) is 10.3 Å². The summed E-state index contributed by atoms with van der Waals surface area (Å²) >= 11 is 0. The van der Waals surface area contributed by atoms with Gasteiger partial charge in [-0.2, -0.15) is 0 Å². The summed E-state index contributed by atoms with van der Waals surface area (Å²) in [5.41, 5.74) is 7.65. The van der Waals surface area contributed by atoms with E-state index in [9.17, 15) is 4.79 Å². The molecule has 0 bridgehead atoms. The van der Waals surface area contributed by atoms with Crippen LogP contribution in [0.2, 0.25) is 0 Å². The number of carbonyl (C=O) groups is 1. The molecule has 1 aliphatic carbocycles. The number of nitrogens with one attached hydrogen (secondary N) is 1. The van der Waals surface area contributed by atoms with E-state index < -0.39 is 0 Å². The van der Waals surface area contributed by atoms with Crippen molar-refractivity contribution in [2.24, 2.45) is 0 Å². The SMILES string of the molecule is CN(CC(=O)NC1CC1)c1ccc(N)c2cnccc12. The van der Waals surface area contributed by atoms with Crippen LogP contribution in [0, 0.1) is 0 Å². The summed E-state index contributed by atoms with van der Waals surface area (Å²) < 4.78 is 0. The van der Waals surface area contributed by atoms with Gasteiger partial charge in [-0.25, -0.2) is 0 Å². The van der Waals surface area contributed by atoms with Gasteiger partial charge >= 0.3 is 0 Å². The lowest BCUT2D eigenvalue weighted by molar-refractivity contribution is -0.119. The topological polar surface area (TPSA) is 71.2 Å². The van der Waals surface area contributed by atoms with Gasteiger partial charge in [-0.3, -0.25) is 9.78 Å². The highest BCUT2D eigenvalue weighted by Gasteiger charge is 2.23. The van der Waals surface area contributed by atoms with Gasteiger partial charge in [-0.1, -0.05) is 0 Å². The molecule has 104 valence electrons. The van der Waals surface area contributed by atoms with E-state index in [0.717, 1.165) is 29.3 Å². The Bertz CT molecular complexity index is 651. The van der Waals surface area contributed by atoms with Crippen molar-refractivity contribution in [1.29, 1.82) is 0 Å². The summed E-state index contributed by atoms with van der Waals surface area (Å²) in [6, 6.07) is 6.12. The fourth-order valence-electron chi connectivity index (χ4n) is 2.33. The van der Waals surface area contributed by atoms with E-state index in [1.807, 2.05) is 30.1 Å². The predicted octanol–water partition coefficient (Wildman–Crippen LogP) is 1.53. The monoisotopic (exact) mass is 270 g/mol. The average Bonchev–Trinajstić information content (AvgIpc) is 3.23. The Morgan fingerprint density at radius 2 is 2.20 bits per heavy atom. The van der Waals surface area contributed by atoms with Crippen LogP contribution in [-0.2, 0) is 4.79 Å². The van der Waals surface area contributed by atoms with Gasteiger partial charge in [-0.05, 0) is 31.0 Å². The molecule has 1 heterocycles. The van der Waals surface area contributed by atoms with Crippen molar-refractivity contribution < 1.29 is 4.79 Å². The molecule has 3 rings (SSSR count). The summed E-state index contributed by atoms with van der Waals surface area (Å²) in [7, 11) is 1.91. The molecule has 3 N–H and O–H groups in total. The molecule has 0 radical (unpaired) electrons. The lowest BCUT2D eigenvalue weighted by Crippen LogP contribution is -2.36. The lowest BCUT2D eigenvalue weighted by Gasteiger charge is -2.21. The Morgan fingerprint density at radius 1 is 1.40 bits per heavy atom. The van der Waals surface area contributed by atoms with Crippen LogP contribution in [0.1, 0.15) is 12.8 Å². The van der Waals surface area contributed by atoms with E-state index in [1.54, 1.807) is 12.4 Å². The maximum absolute atomic E-state index is 11.9. The van der Waals surface area contributed by atoms with Crippen molar-refractivity contribution in [3.05, 3.63) is 30.6 Å². The molecule has 0 saturated heterocycles. The molecule has 1 aliphatic rings. The summed E-state index contributed by atoms with van der Waals surface area (Å²) in [5, 5.41) is 4.93. The van der Waals surface area contributed by atoms with Crippen LogP contribution in [-0.4, -0.2) is 30.5 Å². The largest absolute Gasteiger partial charge is 0.398 e. The van der Waals surface area contributed by atoms with E-state index in [-0.39, 0.29) is 5.91 Å². The molecule has 1 fully saturated rings. The fraction of sp³-hybridized carbons (Fsp3) is 0.333. The molecular weight excluding hydrogens is 252 g/mol. The normalized spacial score (nSPS) is 14.2. The maximum atomic E-state index is 11.9. The van der Waals surface area contributed by atoms with Crippen LogP contribution >= 0.6 is 0 Å². The summed E-state index contributed by atoms with van der Waals surface area (Å²) in [4.78, 5) is 17.9. The lowest BCUT2D eigenvalue weighted by atomic mass is 10.1. The minimum Gasteiger partial charge on any atom is -0.398 e.